The molecule has 0 fully saturated rings. The van der Waals surface area contributed by atoms with E-state index in [1.165, 1.54) is 0 Å². The van der Waals surface area contributed by atoms with Gasteiger partial charge >= 0.3 is 10.4 Å². The van der Waals surface area contributed by atoms with Crippen molar-refractivity contribution in [1.82, 2.24) is 4.58 Å². The van der Waals surface area contributed by atoms with E-state index in [0.29, 0.717) is 0 Å². The smallest absolute Gasteiger partial charge is 0.343 e. The van der Waals surface area contributed by atoms with Crippen molar-refractivity contribution in [2.45, 2.75) is 4.46 Å². The molecule has 0 N–H and O–H groups in total. The Morgan fingerprint density at radius 2 is 1.75 bits per heavy atom. The number of carbonyl (C=O) groups is 1. The number of alkyl halides is 2. The molecule has 0 saturated carbocycles. The average Bonchev–Trinajstić information content (AvgIpc) is 2.01. The third kappa shape index (κ3) is 4.29. The van der Waals surface area contributed by atoms with Crippen molar-refractivity contribution >= 4 is 64.7 Å². The van der Waals surface area contributed by atoms with Gasteiger partial charge in [0.1, 0.15) is 11.9 Å². The van der Waals surface area contributed by atoms with Crippen LogP contribution in [0, 0.1) is 0 Å². The van der Waals surface area contributed by atoms with Crippen molar-refractivity contribution < 1.29 is 39.7 Å². The summed E-state index contributed by atoms with van der Waals surface area (Å²) in [5.74, 6) is -1.24. The molecule has 0 amide bonds. The SMILES string of the molecule is O=C(OCl)C(Cl)(Cl)N(Cl)OCl.[Zr]. The monoisotopic (exact) mass is 351 g/mol. The van der Waals surface area contributed by atoms with E-state index >= 15 is 0 Å². The van der Waals surface area contributed by atoms with Gasteiger partial charge in [-0.1, -0.05) is 23.2 Å². The number of carbonyl (C=O) groups excluding carboxylic acids is 1. The van der Waals surface area contributed by atoms with Gasteiger partial charge in [-0.2, -0.15) is 4.39 Å². The first kappa shape index (κ1) is 16.2. The quantitative estimate of drug-likeness (QED) is 0.338. The molecule has 0 aliphatic carbocycles. The van der Waals surface area contributed by atoms with Gasteiger partial charge in [0.2, 0.25) is 0 Å². The minimum Gasteiger partial charge on any atom is -0.343 e. The molecule has 0 rings (SSSR count). The first-order valence-corrected chi connectivity index (χ1v) is 3.63. The molecule has 0 aliphatic rings. The minimum atomic E-state index is -2.29. The molecule has 0 heterocycles. The standard InChI is InChI=1S/C2Cl5NO3.Zr/c3-2(4,1(9)10-6)8(5)11-7;. The van der Waals surface area contributed by atoms with Crippen LogP contribution in [0.2, 0.25) is 0 Å². The first-order chi connectivity index (χ1) is 4.96. The molecular weight excluding hydrogens is 355 g/mol. The minimum absolute atomic E-state index is 0. The van der Waals surface area contributed by atoms with E-state index in [9.17, 15) is 4.79 Å². The molecule has 0 aliphatic heterocycles. The van der Waals surface area contributed by atoms with Gasteiger partial charge in [-0.3, -0.25) is 0 Å². The molecule has 0 spiro atoms. The molecule has 0 saturated heterocycles. The van der Waals surface area contributed by atoms with Crippen LogP contribution in [0.4, 0.5) is 0 Å². The largest absolute Gasteiger partial charge is 0.379 e. The van der Waals surface area contributed by atoms with Crippen molar-refractivity contribution in [1.29, 1.82) is 0 Å². The van der Waals surface area contributed by atoms with Gasteiger partial charge in [-0.25, -0.2) is 4.79 Å². The molecule has 0 radical (unpaired) electrons. The number of halogens is 5. The molecule has 0 aromatic heterocycles. The number of rotatable bonds is 3. The molecule has 0 bridgehead atoms. The van der Waals surface area contributed by atoms with Crippen LogP contribution in [-0.2, 0) is 39.7 Å². The number of hydroxylamine groups is 1. The fourth-order valence-corrected chi connectivity index (χ4v) is 0.741. The molecule has 12 heavy (non-hydrogen) atoms. The van der Waals surface area contributed by atoms with Crippen molar-refractivity contribution in [3.8, 4) is 0 Å². The summed E-state index contributed by atoms with van der Waals surface area (Å²) < 4.78 is 5.27. The molecule has 0 unspecified atom stereocenters. The van der Waals surface area contributed by atoms with Crippen LogP contribution in [0.5, 0.6) is 0 Å². The van der Waals surface area contributed by atoms with E-state index in [1.807, 2.05) is 0 Å². The number of nitrogens with zero attached hydrogens (tertiary/aromatic N) is 1. The van der Waals surface area contributed by atoms with Crippen molar-refractivity contribution in [3.05, 3.63) is 0 Å². The van der Waals surface area contributed by atoms with Gasteiger partial charge < -0.3 is 4.29 Å². The van der Waals surface area contributed by atoms with E-state index < -0.39 is 10.4 Å². The summed E-state index contributed by atoms with van der Waals surface area (Å²) in [6.07, 6.45) is 0. The predicted octanol–water partition coefficient (Wildman–Crippen LogP) is 2.35. The second kappa shape index (κ2) is 7.07. The van der Waals surface area contributed by atoms with Gasteiger partial charge in [0, 0.05) is 38.0 Å². The Morgan fingerprint density at radius 3 is 2.00 bits per heavy atom. The van der Waals surface area contributed by atoms with E-state index in [1.54, 1.807) is 0 Å². The summed E-state index contributed by atoms with van der Waals surface area (Å²) >= 11 is 24.9. The van der Waals surface area contributed by atoms with Crippen LogP contribution < -0.4 is 0 Å². The van der Waals surface area contributed by atoms with Crippen LogP contribution >= 0.6 is 58.7 Å². The summed E-state index contributed by atoms with van der Waals surface area (Å²) in [7, 11) is 0. The Morgan fingerprint density at radius 1 is 1.33 bits per heavy atom. The Labute approximate surface area is 112 Å². The Balaban J connectivity index is 0. The zero-order valence-corrected chi connectivity index (χ0v) is 11.3. The van der Waals surface area contributed by atoms with Crippen molar-refractivity contribution in [3.63, 3.8) is 0 Å². The van der Waals surface area contributed by atoms with E-state index in [-0.39, 0.29) is 30.8 Å². The van der Waals surface area contributed by atoms with Gasteiger partial charge in [-0.05, 0) is 4.58 Å². The van der Waals surface area contributed by atoms with E-state index in [2.05, 4.69) is 20.5 Å². The Kier molecular flexibility index (Phi) is 9.53. The van der Waals surface area contributed by atoms with Crippen LogP contribution in [0.25, 0.3) is 0 Å². The van der Waals surface area contributed by atoms with Gasteiger partial charge in [0.15, 0.2) is 0 Å². The Hall–Kier alpha value is 1.72. The molecule has 10 heteroatoms. The zero-order valence-electron chi connectivity index (χ0n) is 5.06. The third-order valence-electron chi connectivity index (χ3n) is 0.597. The third-order valence-corrected chi connectivity index (χ3v) is 2.06. The number of hydrogen-bond donors (Lipinski definition) is 0. The maximum atomic E-state index is 10.6. The fraction of sp³-hybridized carbons (Fsp3) is 0.500. The molecule has 70 valence electrons. The van der Waals surface area contributed by atoms with Crippen LogP contribution in [-0.4, -0.2) is 15.0 Å². The van der Waals surface area contributed by atoms with Crippen LogP contribution in [0.1, 0.15) is 0 Å². The predicted molar refractivity (Wildman–Crippen MR) is 41.0 cm³/mol. The summed E-state index contributed by atoms with van der Waals surface area (Å²) in [6.45, 7) is 0. The fourth-order valence-electron chi connectivity index (χ4n) is 0.162. The van der Waals surface area contributed by atoms with Gasteiger partial charge in [-0.15, -0.1) is 0 Å². The van der Waals surface area contributed by atoms with E-state index in [0.717, 1.165) is 0 Å². The molecule has 4 nitrogen and oxygen atoms in total. The average molecular weight is 355 g/mol. The number of hydrogen-bond acceptors (Lipinski definition) is 4. The van der Waals surface area contributed by atoms with Crippen LogP contribution in [0.15, 0.2) is 0 Å². The second-order valence-corrected chi connectivity index (χ2v) is 3.11. The molecule has 0 aromatic rings. The van der Waals surface area contributed by atoms with Gasteiger partial charge in [0.05, 0.1) is 11.9 Å². The zero-order chi connectivity index (χ0) is 9.07. The topological polar surface area (TPSA) is 38.8 Å². The summed E-state index contributed by atoms with van der Waals surface area (Å²) in [6, 6.07) is 0. The summed E-state index contributed by atoms with van der Waals surface area (Å²) in [5, 5.41) is 0. The maximum Gasteiger partial charge on any atom is 0.379 e. The van der Waals surface area contributed by atoms with Crippen molar-refractivity contribution in [2.75, 3.05) is 0 Å². The van der Waals surface area contributed by atoms with Gasteiger partial charge in [0.25, 0.3) is 0 Å². The van der Waals surface area contributed by atoms with Crippen LogP contribution in [0.3, 0.4) is 0 Å². The summed E-state index contributed by atoms with van der Waals surface area (Å²) in [4.78, 5) is 10.6. The maximum absolute atomic E-state index is 10.6. The molecule has 0 aromatic carbocycles. The molecule has 0 atom stereocenters. The van der Waals surface area contributed by atoms with E-state index in [4.69, 9.17) is 46.8 Å². The molecular formula is C2Cl5NO3Zr. The normalized spacial score (nSPS) is 10.8. The Bertz CT molecular complexity index is 156. The second-order valence-electron chi connectivity index (χ2n) is 1.22. The summed E-state index contributed by atoms with van der Waals surface area (Å²) in [5.41, 5.74) is 0. The van der Waals surface area contributed by atoms with Crippen molar-refractivity contribution in [2.24, 2.45) is 0 Å². The first-order valence-electron chi connectivity index (χ1n) is 1.92.